The van der Waals surface area contributed by atoms with E-state index in [0.717, 1.165) is 5.56 Å². The fourth-order valence-electron chi connectivity index (χ4n) is 2.38. The average molecular weight is 322 g/mol. The first-order chi connectivity index (χ1) is 10.5. The normalized spacial score (nSPS) is 15.0. The van der Waals surface area contributed by atoms with Crippen molar-refractivity contribution in [3.63, 3.8) is 0 Å². The first kappa shape index (κ1) is 16.1. The van der Waals surface area contributed by atoms with Crippen LogP contribution >= 0.6 is 11.6 Å². The highest BCUT2D eigenvalue weighted by molar-refractivity contribution is 6.30. The van der Waals surface area contributed by atoms with Gasteiger partial charge in [-0.2, -0.15) is 0 Å². The summed E-state index contributed by atoms with van der Waals surface area (Å²) in [6, 6.07) is 6.95. The number of carbonyl (C=O) groups excluding carboxylic acids is 2. The van der Waals surface area contributed by atoms with Crippen LogP contribution in [0.15, 0.2) is 47.8 Å². The molecule has 0 atom stereocenters. The lowest BCUT2D eigenvalue weighted by molar-refractivity contribution is -0.137. The summed E-state index contributed by atoms with van der Waals surface area (Å²) in [6.07, 6.45) is 3.27. The maximum atomic E-state index is 12.1. The van der Waals surface area contributed by atoms with Gasteiger partial charge in [-0.05, 0) is 17.7 Å². The minimum atomic E-state index is -0.562. The SMILES string of the molecule is COC(=O)C1=CN(C)C=C(C(=O)OC)C1c1ccc(Cl)cc1. The largest absolute Gasteiger partial charge is 0.466 e. The molecule has 1 aromatic carbocycles. The van der Waals surface area contributed by atoms with Crippen molar-refractivity contribution < 1.29 is 19.1 Å². The molecular formula is C16H16ClNO4. The summed E-state index contributed by atoms with van der Waals surface area (Å²) in [7, 11) is 4.33. The number of hydrogen-bond acceptors (Lipinski definition) is 5. The van der Waals surface area contributed by atoms with E-state index in [9.17, 15) is 9.59 Å². The lowest BCUT2D eigenvalue weighted by Gasteiger charge is -2.28. The quantitative estimate of drug-likeness (QED) is 0.801. The number of hydrogen-bond donors (Lipinski definition) is 0. The summed E-state index contributed by atoms with van der Waals surface area (Å²) in [4.78, 5) is 25.8. The van der Waals surface area contributed by atoms with Gasteiger partial charge in [-0.3, -0.25) is 0 Å². The summed E-state index contributed by atoms with van der Waals surface area (Å²) in [6.45, 7) is 0. The van der Waals surface area contributed by atoms with E-state index in [1.807, 2.05) is 0 Å². The Hall–Kier alpha value is -2.27. The number of methoxy groups -OCH3 is 2. The summed E-state index contributed by atoms with van der Waals surface area (Å²) in [5.41, 5.74) is 1.47. The molecule has 1 aliphatic heterocycles. The second kappa shape index (κ2) is 6.66. The standard InChI is InChI=1S/C16H16ClNO4/c1-18-8-12(15(19)21-2)14(13(9-18)16(20)22-3)10-4-6-11(17)7-5-10/h4-9,14H,1-3H3. The third-order valence-electron chi connectivity index (χ3n) is 3.35. The van der Waals surface area contributed by atoms with Gasteiger partial charge in [0.2, 0.25) is 0 Å². The number of esters is 2. The van der Waals surface area contributed by atoms with Gasteiger partial charge in [0.15, 0.2) is 0 Å². The molecule has 0 saturated heterocycles. The molecule has 0 aromatic heterocycles. The first-order valence-corrected chi connectivity index (χ1v) is 6.93. The molecule has 1 heterocycles. The van der Waals surface area contributed by atoms with Gasteiger partial charge in [-0.15, -0.1) is 0 Å². The van der Waals surface area contributed by atoms with Crippen molar-refractivity contribution in [1.82, 2.24) is 4.90 Å². The molecule has 0 amide bonds. The summed E-state index contributed by atoms with van der Waals surface area (Å²) >= 11 is 5.91. The third kappa shape index (κ3) is 3.14. The third-order valence-corrected chi connectivity index (χ3v) is 3.60. The molecule has 1 aromatic rings. The van der Waals surface area contributed by atoms with Crippen molar-refractivity contribution in [2.24, 2.45) is 0 Å². The average Bonchev–Trinajstić information content (AvgIpc) is 2.53. The predicted molar refractivity (Wildman–Crippen MR) is 82.2 cm³/mol. The van der Waals surface area contributed by atoms with Crippen LogP contribution in [0.3, 0.4) is 0 Å². The second-order valence-electron chi connectivity index (χ2n) is 4.80. The molecule has 0 saturated carbocycles. The molecular weight excluding hydrogens is 306 g/mol. The number of carbonyl (C=O) groups is 2. The Morgan fingerprint density at radius 3 is 1.86 bits per heavy atom. The Balaban J connectivity index is 2.55. The zero-order valence-electron chi connectivity index (χ0n) is 12.5. The minimum absolute atomic E-state index is 0.357. The fourth-order valence-corrected chi connectivity index (χ4v) is 2.51. The Morgan fingerprint density at radius 2 is 1.45 bits per heavy atom. The number of halogens is 1. The maximum absolute atomic E-state index is 12.1. The number of benzene rings is 1. The van der Waals surface area contributed by atoms with Crippen LogP contribution < -0.4 is 0 Å². The van der Waals surface area contributed by atoms with Crippen molar-refractivity contribution in [2.75, 3.05) is 21.3 Å². The van der Waals surface area contributed by atoms with Crippen molar-refractivity contribution >= 4 is 23.5 Å². The van der Waals surface area contributed by atoms with Crippen molar-refractivity contribution in [2.45, 2.75) is 5.92 Å². The van der Waals surface area contributed by atoms with E-state index in [4.69, 9.17) is 21.1 Å². The van der Waals surface area contributed by atoms with Crippen LogP contribution in [0, 0.1) is 0 Å². The molecule has 0 N–H and O–H groups in total. The zero-order valence-corrected chi connectivity index (χ0v) is 13.3. The smallest absolute Gasteiger partial charge is 0.336 e. The highest BCUT2D eigenvalue weighted by Gasteiger charge is 2.34. The van der Waals surface area contributed by atoms with E-state index < -0.39 is 17.9 Å². The van der Waals surface area contributed by atoms with Crippen LogP contribution in [0.4, 0.5) is 0 Å². The lowest BCUT2D eigenvalue weighted by atomic mass is 9.83. The number of ether oxygens (including phenoxy) is 2. The molecule has 2 rings (SSSR count). The number of rotatable bonds is 3. The van der Waals surface area contributed by atoms with Gasteiger partial charge in [0, 0.05) is 24.5 Å². The number of nitrogens with zero attached hydrogens (tertiary/aromatic N) is 1. The molecule has 6 heteroatoms. The zero-order chi connectivity index (χ0) is 16.3. The van der Waals surface area contributed by atoms with Crippen molar-refractivity contribution in [1.29, 1.82) is 0 Å². The molecule has 0 bridgehead atoms. The Labute approximate surface area is 133 Å². The van der Waals surface area contributed by atoms with Crippen molar-refractivity contribution in [3.8, 4) is 0 Å². The molecule has 22 heavy (non-hydrogen) atoms. The molecule has 0 radical (unpaired) electrons. The molecule has 0 fully saturated rings. The van der Waals surface area contributed by atoms with Crippen LogP contribution in [-0.2, 0) is 19.1 Å². The van der Waals surface area contributed by atoms with Crippen LogP contribution in [-0.4, -0.2) is 38.1 Å². The highest BCUT2D eigenvalue weighted by atomic mass is 35.5. The Morgan fingerprint density at radius 1 is 1.00 bits per heavy atom. The van der Waals surface area contributed by atoms with E-state index in [1.165, 1.54) is 14.2 Å². The van der Waals surface area contributed by atoms with Gasteiger partial charge < -0.3 is 14.4 Å². The van der Waals surface area contributed by atoms with E-state index >= 15 is 0 Å². The molecule has 1 aliphatic rings. The monoisotopic (exact) mass is 321 g/mol. The van der Waals surface area contributed by atoms with E-state index in [1.54, 1.807) is 48.6 Å². The molecule has 0 aliphatic carbocycles. The Bertz CT molecular complexity index is 615. The molecule has 116 valence electrons. The highest BCUT2D eigenvalue weighted by Crippen LogP contribution is 2.36. The van der Waals surface area contributed by atoms with Gasteiger partial charge >= 0.3 is 11.9 Å². The predicted octanol–water partition coefficient (Wildman–Crippen LogP) is 2.48. The molecule has 0 unspecified atom stereocenters. The van der Waals surface area contributed by atoms with E-state index in [-0.39, 0.29) is 0 Å². The van der Waals surface area contributed by atoms with Gasteiger partial charge in [0.25, 0.3) is 0 Å². The minimum Gasteiger partial charge on any atom is -0.466 e. The Kier molecular flexibility index (Phi) is 4.88. The summed E-state index contributed by atoms with van der Waals surface area (Å²) in [5, 5.41) is 0.573. The lowest BCUT2D eigenvalue weighted by Crippen LogP contribution is -2.27. The second-order valence-corrected chi connectivity index (χ2v) is 5.24. The topological polar surface area (TPSA) is 55.8 Å². The van der Waals surface area contributed by atoms with E-state index in [2.05, 4.69) is 0 Å². The van der Waals surface area contributed by atoms with Gasteiger partial charge in [0.1, 0.15) is 0 Å². The van der Waals surface area contributed by atoms with Gasteiger partial charge in [0.05, 0.1) is 31.3 Å². The first-order valence-electron chi connectivity index (χ1n) is 6.55. The maximum Gasteiger partial charge on any atom is 0.336 e. The van der Waals surface area contributed by atoms with Gasteiger partial charge in [-0.25, -0.2) is 9.59 Å². The summed E-state index contributed by atoms with van der Waals surface area (Å²) < 4.78 is 9.67. The van der Waals surface area contributed by atoms with Crippen LogP contribution in [0.25, 0.3) is 0 Å². The van der Waals surface area contributed by atoms with Crippen LogP contribution in [0.1, 0.15) is 11.5 Å². The molecule has 0 spiro atoms. The van der Waals surface area contributed by atoms with Gasteiger partial charge in [-0.1, -0.05) is 23.7 Å². The fraction of sp³-hybridized carbons (Fsp3) is 0.250. The van der Waals surface area contributed by atoms with Crippen LogP contribution in [0.5, 0.6) is 0 Å². The van der Waals surface area contributed by atoms with Crippen molar-refractivity contribution in [3.05, 3.63) is 58.4 Å². The summed E-state index contributed by atoms with van der Waals surface area (Å²) in [5.74, 6) is -1.56. The van der Waals surface area contributed by atoms with Crippen LogP contribution in [0.2, 0.25) is 5.02 Å². The molecule has 5 nitrogen and oxygen atoms in total. The van der Waals surface area contributed by atoms with E-state index in [0.29, 0.717) is 16.2 Å².